The van der Waals surface area contributed by atoms with Crippen LogP contribution in [0.15, 0.2) is 57.1 Å². The lowest BCUT2D eigenvalue weighted by atomic mass is 10.1. The van der Waals surface area contributed by atoms with E-state index in [1.807, 2.05) is 43.3 Å². The van der Waals surface area contributed by atoms with Crippen molar-refractivity contribution >= 4 is 27.9 Å². The van der Waals surface area contributed by atoms with Crippen molar-refractivity contribution in [2.75, 3.05) is 0 Å². The standard InChI is InChI=1S/C16H13BrN2O2/c1-11(12-5-3-2-4-6-12)19-16(20)13(10-18)9-14-7-8-15(17)21-14/h2-9,11H,1H3,(H,19,20)/b13-9+. The number of rotatable bonds is 4. The van der Waals surface area contributed by atoms with Crippen LogP contribution in [0.5, 0.6) is 0 Å². The molecule has 0 spiro atoms. The lowest BCUT2D eigenvalue weighted by Crippen LogP contribution is -2.27. The Bertz CT molecular complexity index is 699. The maximum atomic E-state index is 12.1. The highest BCUT2D eigenvalue weighted by molar-refractivity contribution is 9.10. The summed E-state index contributed by atoms with van der Waals surface area (Å²) in [6, 6.07) is 14.6. The van der Waals surface area contributed by atoms with Crippen molar-refractivity contribution in [1.82, 2.24) is 5.32 Å². The molecule has 1 N–H and O–H groups in total. The molecule has 0 aliphatic heterocycles. The first-order chi connectivity index (χ1) is 10.1. The Labute approximate surface area is 131 Å². The van der Waals surface area contributed by atoms with Crippen LogP contribution in [-0.2, 0) is 4.79 Å². The molecule has 1 unspecified atom stereocenters. The second-order valence-electron chi connectivity index (χ2n) is 4.42. The molecule has 5 heteroatoms. The first kappa shape index (κ1) is 15.1. The Kier molecular flexibility index (Phi) is 4.96. The molecule has 106 valence electrons. The number of nitriles is 1. The molecule has 2 aromatic rings. The first-order valence-corrected chi connectivity index (χ1v) is 7.12. The Balaban J connectivity index is 2.11. The van der Waals surface area contributed by atoms with E-state index in [9.17, 15) is 4.79 Å². The van der Waals surface area contributed by atoms with Crippen LogP contribution in [0.3, 0.4) is 0 Å². The van der Waals surface area contributed by atoms with Crippen LogP contribution >= 0.6 is 15.9 Å². The van der Waals surface area contributed by atoms with Crippen molar-refractivity contribution in [3.63, 3.8) is 0 Å². The maximum Gasteiger partial charge on any atom is 0.262 e. The number of furan rings is 1. The van der Waals surface area contributed by atoms with E-state index in [0.717, 1.165) is 5.56 Å². The van der Waals surface area contributed by atoms with E-state index in [-0.39, 0.29) is 11.6 Å². The summed E-state index contributed by atoms with van der Waals surface area (Å²) in [5.74, 6) is 0.0160. The number of carbonyl (C=O) groups excluding carboxylic acids is 1. The zero-order valence-corrected chi connectivity index (χ0v) is 12.9. The largest absolute Gasteiger partial charge is 0.450 e. The fourth-order valence-corrected chi connectivity index (χ4v) is 2.12. The summed E-state index contributed by atoms with van der Waals surface area (Å²) < 4.78 is 5.81. The van der Waals surface area contributed by atoms with Crippen LogP contribution in [0.4, 0.5) is 0 Å². The number of nitrogens with one attached hydrogen (secondary N) is 1. The predicted octanol–water partition coefficient (Wildman–Crippen LogP) is 3.83. The summed E-state index contributed by atoms with van der Waals surface area (Å²) in [5, 5.41) is 11.9. The quantitative estimate of drug-likeness (QED) is 0.677. The van der Waals surface area contributed by atoms with Gasteiger partial charge in [-0.05, 0) is 40.5 Å². The van der Waals surface area contributed by atoms with Gasteiger partial charge in [0.25, 0.3) is 5.91 Å². The van der Waals surface area contributed by atoms with Crippen molar-refractivity contribution in [1.29, 1.82) is 5.26 Å². The molecular weight excluding hydrogens is 332 g/mol. The normalized spacial score (nSPS) is 12.5. The van der Waals surface area contributed by atoms with Crippen LogP contribution in [-0.4, -0.2) is 5.91 Å². The minimum Gasteiger partial charge on any atom is -0.450 e. The molecule has 0 aliphatic rings. The molecule has 1 aromatic carbocycles. The van der Waals surface area contributed by atoms with Crippen LogP contribution in [0.2, 0.25) is 0 Å². The summed E-state index contributed by atoms with van der Waals surface area (Å²) in [7, 11) is 0. The van der Waals surface area contributed by atoms with Crippen molar-refractivity contribution in [2.24, 2.45) is 0 Å². The van der Waals surface area contributed by atoms with Crippen LogP contribution in [0.1, 0.15) is 24.3 Å². The minimum atomic E-state index is -0.429. The second kappa shape index (κ2) is 6.91. The molecule has 1 aromatic heterocycles. The van der Waals surface area contributed by atoms with Gasteiger partial charge in [-0.3, -0.25) is 4.79 Å². The molecule has 1 amide bonds. The number of halogens is 1. The van der Waals surface area contributed by atoms with Crippen molar-refractivity contribution < 1.29 is 9.21 Å². The third-order valence-corrected chi connectivity index (χ3v) is 3.32. The number of amides is 1. The number of nitrogens with zero attached hydrogens (tertiary/aromatic N) is 1. The van der Waals surface area contributed by atoms with E-state index < -0.39 is 5.91 Å². The van der Waals surface area contributed by atoms with Gasteiger partial charge in [0, 0.05) is 6.08 Å². The Morgan fingerprint density at radius 2 is 2.05 bits per heavy atom. The molecule has 21 heavy (non-hydrogen) atoms. The fraction of sp³-hybridized carbons (Fsp3) is 0.125. The SMILES string of the molecule is CC(NC(=O)/C(C#N)=C/c1ccc(Br)o1)c1ccccc1. The molecule has 0 radical (unpaired) electrons. The van der Waals surface area contributed by atoms with Crippen LogP contribution < -0.4 is 5.32 Å². The smallest absolute Gasteiger partial charge is 0.262 e. The van der Waals surface area contributed by atoms with Gasteiger partial charge in [-0.15, -0.1) is 0 Å². The van der Waals surface area contributed by atoms with Gasteiger partial charge in [0.2, 0.25) is 0 Å². The van der Waals surface area contributed by atoms with Gasteiger partial charge in [-0.25, -0.2) is 0 Å². The maximum absolute atomic E-state index is 12.1. The third kappa shape index (κ3) is 4.07. The highest BCUT2D eigenvalue weighted by Gasteiger charge is 2.14. The molecule has 1 atom stereocenters. The van der Waals surface area contributed by atoms with Crippen molar-refractivity contribution in [3.05, 3.63) is 64.0 Å². The highest BCUT2D eigenvalue weighted by atomic mass is 79.9. The summed E-state index contributed by atoms with van der Waals surface area (Å²) in [4.78, 5) is 12.1. The summed E-state index contributed by atoms with van der Waals surface area (Å²) in [6.45, 7) is 1.87. The molecule has 4 nitrogen and oxygen atoms in total. The average molecular weight is 345 g/mol. The molecular formula is C16H13BrN2O2. The van der Waals surface area contributed by atoms with Gasteiger partial charge in [0.05, 0.1) is 6.04 Å². The van der Waals surface area contributed by atoms with Gasteiger partial charge in [-0.1, -0.05) is 30.3 Å². The van der Waals surface area contributed by atoms with E-state index in [2.05, 4.69) is 21.2 Å². The van der Waals surface area contributed by atoms with Gasteiger partial charge in [0.1, 0.15) is 17.4 Å². The van der Waals surface area contributed by atoms with Gasteiger partial charge in [0.15, 0.2) is 4.67 Å². The molecule has 2 rings (SSSR count). The van der Waals surface area contributed by atoms with Crippen LogP contribution in [0.25, 0.3) is 6.08 Å². The van der Waals surface area contributed by atoms with Gasteiger partial charge < -0.3 is 9.73 Å². The highest BCUT2D eigenvalue weighted by Crippen LogP contribution is 2.17. The summed E-state index contributed by atoms with van der Waals surface area (Å²) >= 11 is 3.17. The Hall–Kier alpha value is -2.32. The van der Waals surface area contributed by atoms with Crippen molar-refractivity contribution in [3.8, 4) is 6.07 Å². The molecule has 0 bridgehead atoms. The minimum absolute atomic E-state index is 0.000342. The van der Waals surface area contributed by atoms with E-state index in [4.69, 9.17) is 9.68 Å². The molecule has 0 aliphatic carbocycles. The molecule has 0 saturated carbocycles. The molecule has 0 fully saturated rings. The average Bonchev–Trinajstić information content (AvgIpc) is 2.90. The zero-order chi connectivity index (χ0) is 15.2. The van der Waals surface area contributed by atoms with Gasteiger partial charge >= 0.3 is 0 Å². The summed E-state index contributed by atoms with van der Waals surface area (Å²) in [6.07, 6.45) is 1.41. The lowest BCUT2D eigenvalue weighted by Gasteiger charge is -2.13. The van der Waals surface area contributed by atoms with Crippen molar-refractivity contribution in [2.45, 2.75) is 13.0 Å². The molecule has 1 heterocycles. The lowest BCUT2D eigenvalue weighted by molar-refractivity contribution is -0.117. The number of hydrogen-bond acceptors (Lipinski definition) is 3. The van der Waals surface area contributed by atoms with E-state index in [1.165, 1.54) is 6.08 Å². The zero-order valence-electron chi connectivity index (χ0n) is 11.3. The second-order valence-corrected chi connectivity index (χ2v) is 5.20. The van der Waals surface area contributed by atoms with E-state index in [1.54, 1.807) is 12.1 Å². The molecule has 0 saturated heterocycles. The number of benzene rings is 1. The van der Waals surface area contributed by atoms with Crippen LogP contribution in [0, 0.1) is 11.3 Å². The Morgan fingerprint density at radius 1 is 1.33 bits per heavy atom. The van der Waals surface area contributed by atoms with E-state index in [0.29, 0.717) is 10.4 Å². The fourth-order valence-electron chi connectivity index (χ4n) is 1.80. The van der Waals surface area contributed by atoms with E-state index >= 15 is 0 Å². The number of hydrogen-bond donors (Lipinski definition) is 1. The Morgan fingerprint density at radius 3 is 2.62 bits per heavy atom. The third-order valence-electron chi connectivity index (χ3n) is 2.89. The number of carbonyl (C=O) groups is 1. The monoisotopic (exact) mass is 344 g/mol. The predicted molar refractivity (Wildman–Crippen MR) is 83.0 cm³/mol. The van der Waals surface area contributed by atoms with Gasteiger partial charge in [-0.2, -0.15) is 5.26 Å². The first-order valence-electron chi connectivity index (χ1n) is 6.33. The summed E-state index contributed by atoms with van der Waals surface area (Å²) in [5.41, 5.74) is 0.975. The topological polar surface area (TPSA) is 66.0 Å².